The molecule has 2 aromatic carbocycles. The molecular weight excluding hydrogens is 374 g/mol. The number of pyridine rings is 1. The molecule has 3 rings (SSSR count). The fourth-order valence-electron chi connectivity index (χ4n) is 2.79. The summed E-state index contributed by atoms with van der Waals surface area (Å²) in [7, 11) is 0. The van der Waals surface area contributed by atoms with Gasteiger partial charge in [-0.15, -0.1) is 0 Å². The molecule has 0 bridgehead atoms. The second kappa shape index (κ2) is 8.76. The molecule has 0 saturated carbocycles. The van der Waals surface area contributed by atoms with E-state index in [0.29, 0.717) is 16.3 Å². The number of rotatable bonds is 6. The van der Waals surface area contributed by atoms with Crippen LogP contribution in [0.4, 0.5) is 11.5 Å². The minimum absolute atomic E-state index is 0.175. The van der Waals surface area contributed by atoms with Crippen molar-refractivity contribution in [2.24, 2.45) is 0 Å². The van der Waals surface area contributed by atoms with Crippen LogP contribution in [-0.4, -0.2) is 10.9 Å². The van der Waals surface area contributed by atoms with E-state index >= 15 is 0 Å². The van der Waals surface area contributed by atoms with Crippen LogP contribution in [-0.2, 0) is 6.42 Å². The fraction of sp³-hybridized carbons (Fsp3) is 0.182. The molecule has 0 unspecified atom stereocenters. The molecule has 0 saturated heterocycles. The molecule has 0 radical (unpaired) electrons. The Kier molecular flexibility index (Phi) is 6.16. The number of aromatic nitrogens is 1. The monoisotopic (exact) mass is 395 g/mol. The zero-order valence-electron chi connectivity index (χ0n) is 15.8. The molecular formula is C22H22ClN3O2. The van der Waals surface area contributed by atoms with Crippen molar-refractivity contribution in [2.45, 2.75) is 26.4 Å². The van der Waals surface area contributed by atoms with Gasteiger partial charge in [-0.2, -0.15) is 0 Å². The summed E-state index contributed by atoms with van der Waals surface area (Å²) >= 11 is 5.96. The van der Waals surface area contributed by atoms with E-state index in [2.05, 4.69) is 17.2 Å². The van der Waals surface area contributed by atoms with Crippen molar-refractivity contribution in [3.8, 4) is 5.75 Å². The highest BCUT2D eigenvalue weighted by Crippen LogP contribution is 2.28. The maximum Gasteiger partial charge on any atom is 0.255 e. The van der Waals surface area contributed by atoms with Crippen LogP contribution < -0.4 is 15.8 Å². The number of anilines is 2. The first-order valence-electron chi connectivity index (χ1n) is 9.04. The molecule has 0 spiro atoms. The summed E-state index contributed by atoms with van der Waals surface area (Å²) in [6.45, 7) is 3.95. The second-order valence-electron chi connectivity index (χ2n) is 6.43. The molecule has 1 heterocycles. The van der Waals surface area contributed by atoms with Gasteiger partial charge in [-0.25, -0.2) is 4.98 Å². The predicted molar refractivity (Wildman–Crippen MR) is 113 cm³/mol. The molecule has 0 aliphatic heterocycles. The third-order valence-corrected chi connectivity index (χ3v) is 4.57. The van der Waals surface area contributed by atoms with E-state index in [4.69, 9.17) is 22.1 Å². The Balaban J connectivity index is 1.75. The van der Waals surface area contributed by atoms with Gasteiger partial charge in [0.05, 0.1) is 5.02 Å². The van der Waals surface area contributed by atoms with Crippen molar-refractivity contribution < 1.29 is 9.53 Å². The number of hydrogen-bond acceptors (Lipinski definition) is 4. The number of nitrogens with two attached hydrogens (primary N) is 1. The van der Waals surface area contributed by atoms with Gasteiger partial charge in [0.2, 0.25) is 0 Å². The van der Waals surface area contributed by atoms with E-state index in [-0.39, 0.29) is 17.8 Å². The Morgan fingerprint density at radius 2 is 2.00 bits per heavy atom. The number of carbonyl (C=O) groups is 1. The van der Waals surface area contributed by atoms with Crippen LogP contribution in [0.25, 0.3) is 0 Å². The number of nitrogens with zero attached hydrogens (tertiary/aromatic N) is 1. The molecule has 1 amide bonds. The van der Waals surface area contributed by atoms with Crippen molar-refractivity contribution in [3.05, 3.63) is 82.5 Å². The lowest BCUT2D eigenvalue weighted by molar-refractivity contribution is 0.102. The summed E-state index contributed by atoms with van der Waals surface area (Å²) in [5.41, 5.74) is 9.18. The quantitative estimate of drug-likeness (QED) is 0.595. The average molecular weight is 396 g/mol. The number of benzene rings is 2. The molecule has 0 aliphatic carbocycles. The highest BCUT2D eigenvalue weighted by molar-refractivity contribution is 6.30. The highest BCUT2D eigenvalue weighted by Gasteiger charge is 2.14. The normalized spacial score (nSPS) is 11.7. The van der Waals surface area contributed by atoms with Crippen molar-refractivity contribution in [1.29, 1.82) is 0 Å². The lowest BCUT2D eigenvalue weighted by Gasteiger charge is -2.17. The third-order valence-electron chi connectivity index (χ3n) is 4.36. The maximum atomic E-state index is 12.6. The van der Waals surface area contributed by atoms with Gasteiger partial charge >= 0.3 is 0 Å². The molecule has 5 nitrogen and oxygen atoms in total. The highest BCUT2D eigenvalue weighted by atomic mass is 35.5. The molecule has 3 N–H and O–H groups in total. The first-order valence-corrected chi connectivity index (χ1v) is 9.42. The Hall–Kier alpha value is -3.05. The van der Waals surface area contributed by atoms with Crippen LogP contribution in [0, 0.1) is 0 Å². The van der Waals surface area contributed by atoms with Crippen molar-refractivity contribution in [1.82, 2.24) is 4.98 Å². The van der Waals surface area contributed by atoms with Crippen molar-refractivity contribution >= 4 is 29.0 Å². The molecule has 0 fully saturated rings. The van der Waals surface area contributed by atoms with Gasteiger partial charge < -0.3 is 15.8 Å². The summed E-state index contributed by atoms with van der Waals surface area (Å²) < 4.78 is 5.89. The fourth-order valence-corrected chi connectivity index (χ4v) is 2.94. The van der Waals surface area contributed by atoms with Gasteiger partial charge in [-0.3, -0.25) is 4.79 Å². The minimum atomic E-state index is -0.335. The number of nitrogens with one attached hydrogen (secondary N) is 1. The number of hydrogen-bond donors (Lipinski definition) is 2. The summed E-state index contributed by atoms with van der Waals surface area (Å²) in [5, 5.41) is 3.38. The Morgan fingerprint density at radius 3 is 2.79 bits per heavy atom. The van der Waals surface area contributed by atoms with Crippen LogP contribution >= 0.6 is 11.6 Å². The molecule has 1 atom stereocenters. The van der Waals surface area contributed by atoms with Gasteiger partial charge in [0.15, 0.2) is 11.6 Å². The molecule has 28 heavy (non-hydrogen) atoms. The van der Waals surface area contributed by atoms with Crippen LogP contribution in [0.1, 0.15) is 41.4 Å². The van der Waals surface area contributed by atoms with Gasteiger partial charge in [0, 0.05) is 23.5 Å². The lowest BCUT2D eigenvalue weighted by Crippen LogP contribution is -2.13. The first kappa shape index (κ1) is 19.7. The number of carbonyl (C=O) groups excluding carboxylic acids is 1. The first-order chi connectivity index (χ1) is 13.5. The number of nitrogen functional groups attached to an aromatic ring is 1. The topological polar surface area (TPSA) is 77.2 Å². The van der Waals surface area contributed by atoms with E-state index in [1.807, 2.05) is 43.3 Å². The zero-order chi connectivity index (χ0) is 20.1. The summed E-state index contributed by atoms with van der Waals surface area (Å²) in [6.07, 6.45) is 2.04. The van der Waals surface area contributed by atoms with Crippen LogP contribution in [0.2, 0.25) is 5.02 Å². The lowest BCUT2D eigenvalue weighted by atomic mass is 10.1. The van der Waals surface area contributed by atoms with E-state index in [0.717, 1.165) is 17.7 Å². The average Bonchev–Trinajstić information content (AvgIpc) is 2.71. The Bertz CT molecular complexity index is 991. The molecule has 3 aromatic rings. The van der Waals surface area contributed by atoms with Crippen molar-refractivity contribution in [2.75, 3.05) is 11.1 Å². The van der Waals surface area contributed by atoms with Gasteiger partial charge in [-0.1, -0.05) is 42.8 Å². The number of aryl methyl sites for hydroxylation is 1. The Morgan fingerprint density at radius 1 is 1.21 bits per heavy atom. The third kappa shape index (κ3) is 4.81. The predicted octanol–water partition coefficient (Wildman–Crippen LogP) is 5.27. The Labute approximate surface area is 169 Å². The smallest absolute Gasteiger partial charge is 0.255 e. The summed E-state index contributed by atoms with van der Waals surface area (Å²) in [4.78, 5) is 16.6. The standard InChI is InChI=1S/C22H22ClN3O2/c1-3-15-6-4-9-19(10-15)26-22(27)17-8-5-7-16(11-17)14(2)28-20-12-18(23)13-25-21(20)24/h4-14H,3H2,1-2H3,(H2,24,25)(H,26,27)/t14-/m0/s1. The largest absolute Gasteiger partial charge is 0.482 e. The van der Waals surface area contributed by atoms with Gasteiger partial charge in [0.1, 0.15) is 6.10 Å². The summed E-state index contributed by atoms with van der Waals surface area (Å²) in [6, 6.07) is 16.7. The number of ether oxygens (including phenoxy) is 1. The zero-order valence-corrected chi connectivity index (χ0v) is 16.5. The molecule has 144 valence electrons. The van der Waals surface area contributed by atoms with Gasteiger partial charge in [-0.05, 0) is 48.7 Å². The molecule has 6 heteroatoms. The second-order valence-corrected chi connectivity index (χ2v) is 6.87. The van der Waals surface area contributed by atoms with Crippen LogP contribution in [0.3, 0.4) is 0 Å². The van der Waals surface area contributed by atoms with E-state index in [1.165, 1.54) is 11.8 Å². The number of amides is 1. The van der Waals surface area contributed by atoms with E-state index < -0.39 is 0 Å². The maximum absolute atomic E-state index is 12.6. The summed E-state index contributed by atoms with van der Waals surface area (Å²) in [5.74, 6) is 0.499. The van der Waals surface area contributed by atoms with Gasteiger partial charge in [0.25, 0.3) is 5.91 Å². The minimum Gasteiger partial charge on any atom is -0.482 e. The van der Waals surface area contributed by atoms with E-state index in [9.17, 15) is 4.79 Å². The molecule has 0 aliphatic rings. The van der Waals surface area contributed by atoms with Crippen LogP contribution in [0.15, 0.2) is 60.8 Å². The SMILES string of the molecule is CCc1cccc(NC(=O)c2cccc([C@H](C)Oc3cc(Cl)cnc3N)c2)c1. The van der Waals surface area contributed by atoms with E-state index in [1.54, 1.807) is 18.2 Å². The number of halogens is 1. The van der Waals surface area contributed by atoms with Crippen LogP contribution in [0.5, 0.6) is 5.75 Å². The van der Waals surface area contributed by atoms with Crippen molar-refractivity contribution in [3.63, 3.8) is 0 Å². The molecule has 1 aromatic heterocycles.